The molecule has 0 aliphatic carbocycles. The predicted molar refractivity (Wildman–Crippen MR) is 50.7 cm³/mol. The SMILES string of the molecule is Cc1ccn2cc(C(N)=O)ccc12. The summed E-state index contributed by atoms with van der Waals surface area (Å²) in [5.41, 5.74) is 7.98. The van der Waals surface area contributed by atoms with Crippen LogP contribution in [-0.4, -0.2) is 10.3 Å². The second-order valence-electron chi connectivity index (χ2n) is 3.07. The Morgan fingerprint density at radius 1 is 1.38 bits per heavy atom. The zero-order chi connectivity index (χ0) is 9.42. The molecule has 0 aromatic carbocycles. The van der Waals surface area contributed by atoms with E-state index >= 15 is 0 Å². The van der Waals surface area contributed by atoms with Gasteiger partial charge in [0, 0.05) is 17.9 Å². The number of carbonyl (C=O) groups is 1. The molecule has 3 heteroatoms. The van der Waals surface area contributed by atoms with E-state index < -0.39 is 5.91 Å². The second-order valence-corrected chi connectivity index (χ2v) is 3.07. The van der Waals surface area contributed by atoms with Crippen molar-refractivity contribution in [3.8, 4) is 0 Å². The van der Waals surface area contributed by atoms with E-state index in [1.165, 1.54) is 5.56 Å². The molecular weight excluding hydrogens is 164 g/mol. The highest BCUT2D eigenvalue weighted by Crippen LogP contribution is 2.12. The number of carbonyl (C=O) groups excluding carboxylic acids is 1. The molecule has 1 amide bonds. The lowest BCUT2D eigenvalue weighted by atomic mass is 10.2. The Morgan fingerprint density at radius 3 is 2.85 bits per heavy atom. The van der Waals surface area contributed by atoms with E-state index in [-0.39, 0.29) is 0 Å². The Kier molecular flexibility index (Phi) is 1.59. The maximum atomic E-state index is 10.9. The van der Waals surface area contributed by atoms with Gasteiger partial charge in [0.05, 0.1) is 5.56 Å². The van der Waals surface area contributed by atoms with Gasteiger partial charge in [0.1, 0.15) is 0 Å². The number of hydrogen-bond acceptors (Lipinski definition) is 1. The number of nitrogens with two attached hydrogens (primary N) is 1. The maximum absolute atomic E-state index is 10.9. The van der Waals surface area contributed by atoms with Gasteiger partial charge >= 0.3 is 0 Å². The highest BCUT2D eigenvalue weighted by atomic mass is 16.1. The number of fused-ring (bicyclic) bond motifs is 1. The first-order chi connectivity index (χ1) is 6.18. The van der Waals surface area contributed by atoms with Crippen LogP contribution in [0.15, 0.2) is 30.6 Å². The monoisotopic (exact) mass is 174 g/mol. The van der Waals surface area contributed by atoms with E-state index in [2.05, 4.69) is 0 Å². The zero-order valence-electron chi connectivity index (χ0n) is 7.32. The average Bonchev–Trinajstić information content (AvgIpc) is 2.47. The van der Waals surface area contributed by atoms with Gasteiger partial charge in [-0.25, -0.2) is 0 Å². The molecule has 2 N–H and O–H groups in total. The van der Waals surface area contributed by atoms with Crippen molar-refractivity contribution in [1.29, 1.82) is 0 Å². The number of primary amides is 1. The molecule has 0 radical (unpaired) electrons. The fourth-order valence-electron chi connectivity index (χ4n) is 1.40. The van der Waals surface area contributed by atoms with Crippen molar-refractivity contribution in [2.45, 2.75) is 6.92 Å². The van der Waals surface area contributed by atoms with Gasteiger partial charge < -0.3 is 10.1 Å². The Labute approximate surface area is 75.8 Å². The molecular formula is C10H10N2O. The molecule has 2 rings (SSSR count). The van der Waals surface area contributed by atoms with Gasteiger partial charge in [0.15, 0.2) is 0 Å². The van der Waals surface area contributed by atoms with Gasteiger partial charge in [-0.1, -0.05) is 0 Å². The molecule has 13 heavy (non-hydrogen) atoms. The Balaban J connectivity index is 2.70. The Hall–Kier alpha value is -1.77. The molecule has 0 aliphatic rings. The van der Waals surface area contributed by atoms with Crippen molar-refractivity contribution in [2.24, 2.45) is 5.73 Å². The van der Waals surface area contributed by atoms with Crippen LogP contribution in [0, 0.1) is 6.92 Å². The molecule has 2 aromatic heterocycles. The van der Waals surface area contributed by atoms with Crippen molar-refractivity contribution >= 4 is 11.4 Å². The van der Waals surface area contributed by atoms with E-state index in [0.717, 1.165) is 5.52 Å². The lowest BCUT2D eigenvalue weighted by Gasteiger charge is -1.98. The van der Waals surface area contributed by atoms with Crippen LogP contribution < -0.4 is 5.73 Å². The lowest BCUT2D eigenvalue weighted by molar-refractivity contribution is 0.1000. The summed E-state index contributed by atoms with van der Waals surface area (Å²) >= 11 is 0. The highest BCUT2D eigenvalue weighted by Gasteiger charge is 2.02. The van der Waals surface area contributed by atoms with Crippen LogP contribution in [0.3, 0.4) is 0 Å². The molecule has 0 unspecified atom stereocenters. The summed E-state index contributed by atoms with van der Waals surface area (Å²) in [4.78, 5) is 10.9. The molecule has 2 aromatic rings. The number of rotatable bonds is 1. The Morgan fingerprint density at radius 2 is 2.15 bits per heavy atom. The first-order valence-electron chi connectivity index (χ1n) is 4.05. The first kappa shape index (κ1) is 7.86. The zero-order valence-corrected chi connectivity index (χ0v) is 7.32. The first-order valence-corrected chi connectivity index (χ1v) is 4.05. The van der Waals surface area contributed by atoms with Crippen LogP contribution in [0.5, 0.6) is 0 Å². The molecule has 0 spiro atoms. The lowest BCUT2D eigenvalue weighted by Crippen LogP contribution is -2.11. The predicted octanol–water partition coefficient (Wildman–Crippen LogP) is 1.35. The van der Waals surface area contributed by atoms with Gasteiger partial charge in [0.2, 0.25) is 5.91 Å². The number of aromatic nitrogens is 1. The van der Waals surface area contributed by atoms with Crippen LogP contribution in [0.4, 0.5) is 0 Å². The summed E-state index contributed by atoms with van der Waals surface area (Å²) in [5, 5.41) is 0. The van der Waals surface area contributed by atoms with Gasteiger partial charge in [0.25, 0.3) is 0 Å². The molecule has 2 heterocycles. The minimum Gasteiger partial charge on any atom is -0.366 e. The summed E-state index contributed by atoms with van der Waals surface area (Å²) in [6, 6.07) is 5.64. The molecule has 66 valence electrons. The fraction of sp³-hybridized carbons (Fsp3) is 0.100. The molecule has 0 fully saturated rings. The van der Waals surface area contributed by atoms with E-state index in [1.54, 1.807) is 12.3 Å². The third kappa shape index (κ3) is 1.18. The Bertz CT molecular complexity index is 471. The van der Waals surface area contributed by atoms with E-state index in [9.17, 15) is 4.79 Å². The number of nitrogens with zero attached hydrogens (tertiary/aromatic N) is 1. The standard InChI is InChI=1S/C10H10N2O/c1-7-4-5-12-6-8(10(11)13)2-3-9(7)12/h2-6H,1H3,(H2,11,13). The summed E-state index contributed by atoms with van der Waals surface area (Å²) in [6.07, 6.45) is 3.65. The molecule has 0 aliphatic heterocycles. The van der Waals surface area contributed by atoms with Crippen LogP contribution in [0.2, 0.25) is 0 Å². The van der Waals surface area contributed by atoms with E-state index in [4.69, 9.17) is 5.73 Å². The summed E-state index contributed by atoms with van der Waals surface area (Å²) in [7, 11) is 0. The molecule has 0 saturated carbocycles. The van der Waals surface area contributed by atoms with Crippen LogP contribution in [0.25, 0.3) is 5.52 Å². The number of amides is 1. The minimum absolute atomic E-state index is 0.395. The normalized spacial score (nSPS) is 10.5. The minimum atomic E-state index is -0.395. The smallest absolute Gasteiger partial charge is 0.250 e. The molecule has 0 saturated heterocycles. The van der Waals surface area contributed by atoms with Crippen molar-refractivity contribution in [2.75, 3.05) is 0 Å². The van der Waals surface area contributed by atoms with E-state index in [1.807, 2.05) is 29.7 Å². The van der Waals surface area contributed by atoms with Gasteiger partial charge in [-0.05, 0) is 30.7 Å². The van der Waals surface area contributed by atoms with Crippen molar-refractivity contribution in [3.63, 3.8) is 0 Å². The largest absolute Gasteiger partial charge is 0.366 e. The average molecular weight is 174 g/mol. The fourth-order valence-corrected chi connectivity index (χ4v) is 1.40. The van der Waals surface area contributed by atoms with Gasteiger partial charge in [-0.2, -0.15) is 0 Å². The summed E-state index contributed by atoms with van der Waals surface area (Å²) in [6.45, 7) is 2.03. The quantitative estimate of drug-likeness (QED) is 0.696. The molecule has 0 bridgehead atoms. The van der Waals surface area contributed by atoms with E-state index in [0.29, 0.717) is 5.56 Å². The number of hydrogen-bond donors (Lipinski definition) is 1. The number of aryl methyl sites for hydroxylation is 1. The third-order valence-electron chi connectivity index (χ3n) is 2.15. The molecule has 0 atom stereocenters. The van der Waals surface area contributed by atoms with Crippen LogP contribution in [0.1, 0.15) is 15.9 Å². The van der Waals surface area contributed by atoms with Crippen LogP contribution >= 0.6 is 0 Å². The van der Waals surface area contributed by atoms with Crippen molar-refractivity contribution in [3.05, 3.63) is 41.7 Å². The second kappa shape index (κ2) is 2.62. The molecule has 3 nitrogen and oxygen atoms in total. The van der Waals surface area contributed by atoms with Crippen molar-refractivity contribution < 1.29 is 4.79 Å². The number of pyridine rings is 1. The summed E-state index contributed by atoms with van der Waals surface area (Å²) in [5.74, 6) is -0.395. The van der Waals surface area contributed by atoms with Crippen LogP contribution in [-0.2, 0) is 0 Å². The third-order valence-corrected chi connectivity index (χ3v) is 2.15. The van der Waals surface area contributed by atoms with Gasteiger partial charge in [-0.3, -0.25) is 4.79 Å². The van der Waals surface area contributed by atoms with Crippen molar-refractivity contribution in [1.82, 2.24) is 4.40 Å². The topological polar surface area (TPSA) is 47.5 Å². The summed E-state index contributed by atoms with van der Waals surface area (Å²) < 4.78 is 1.90. The maximum Gasteiger partial charge on any atom is 0.250 e. The highest BCUT2D eigenvalue weighted by molar-refractivity contribution is 5.92. The van der Waals surface area contributed by atoms with Gasteiger partial charge in [-0.15, -0.1) is 0 Å².